The Labute approximate surface area is 142 Å². The zero-order valence-electron chi connectivity index (χ0n) is 12.6. The van der Waals surface area contributed by atoms with E-state index in [0.717, 1.165) is 28.6 Å². The SMILES string of the molecule is COc1ccc(S(=O)(=O)N(C)c2ccc(C(F)(F)F)cc2)cc1Cl. The predicted molar refractivity (Wildman–Crippen MR) is 85.0 cm³/mol. The van der Waals surface area contributed by atoms with Crippen LogP contribution in [0.4, 0.5) is 18.9 Å². The highest BCUT2D eigenvalue weighted by atomic mass is 35.5. The molecule has 0 N–H and O–H groups in total. The monoisotopic (exact) mass is 379 g/mol. The van der Waals surface area contributed by atoms with Crippen LogP contribution in [0.25, 0.3) is 0 Å². The van der Waals surface area contributed by atoms with E-state index < -0.39 is 21.8 Å². The highest BCUT2D eigenvalue weighted by molar-refractivity contribution is 7.92. The van der Waals surface area contributed by atoms with Crippen LogP contribution < -0.4 is 9.04 Å². The third-order valence-corrected chi connectivity index (χ3v) is 5.42. The largest absolute Gasteiger partial charge is 0.495 e. The molecular weight excluding hydrogens is 367 g/mol. The first-order chi connectivity index (χ1) is 11.1. The molecule has 0 bridgehead atoms. The number of hydrogen-bond acceptors (Lipinski definition) is 3. The average molecular weight is 380 g/mol. The summed E-state index contributed by atoms with van der Waals surface area (Å²) in [5.74, 6) is 0.313. The number of ether oxygens (including phenoxy) is 1. The lowest BCUT2D eigenvalue weighted by Crippen LogP contribution is -2.26. The molecule has 0 saturated heterocycles. The molecule has 9 heteroatoms. The lowest BCUT2D eigenvalue weighted by atomic mass is 10.2. The number of sulfonamides is 1. The summed E-state index contributed by atoms with van der Waals surface area (Å²) in [4.78, 5) is -0.101. The Bertz CT molecular complexity index is 836. The van der Waals surface area contributed by atoms with E-state index in [4.69, 9.17) is 16.3 Å². The maximum absolute atomic E-state index is 12.6. The molecule has 0 atom stereocenters. The first-order valence-electron chi connectivity index (χ1n) is 6.57. The number of methoxy groups -OCH3 is 1. The summed E-state index contributed by atoms with van der Waals surface area (Å²) in [7, 11) is -1.34. The lowest BCUT2D eigenvalue weighted by Gasteiger charge is -2.20. The molecule has 0 heterocycles. The smallest absolute Gasteiger partial charge is 0.416 e. The molecule has 0 saturated carbocycles. The van der Waals surface area contributed by atoms with Gasteiger partial charge in [0.1, 0.15) is 5.75 Å². The summed E-state index contributed by atoms with van der Waals surface area (Å²) >= 11 is 5.92. The second-order valence-electron chi connectivity index (χ2n) is 4.81. The first kappa shape index (κ1) is 18.4. The van der Waals surface area contributed by atoms with Crippen LogP contribution in [0.2, 0.25) is 5.02 Å². The van der Waals surface area contributed by atoms with Crippen molar-refractivity contribution in [2.24, 2.45) is 0 Å². The van der Waals surface area contributed by atoms with Crippen molar-refractivity contribution in [2.75, 3.05) is 18.5 Å². The Balaban J connectivity index is 2.37. The molecule has 0 aromatic heterocycles. The fraction of sp³-hybridized carbons (Fsp3) is 0.200. The minimum absolute atomic E-state index is 0.0925. The molecule has 2 aromatic carbocycles. The van der Waals surface area contributed by atoms with Crippen molar-refractivity contribution in [2.45, 2.75) is 11.1 Å². The summed E-state index contributed by atoms with van der Waals surface area (Å²) < 4.78 is 68.7. The third-order valence-electron chi connectivity index (χ3n) is 3.34. The summed E-state index contributed by atoms with van der Waals surface area (Å²) in [6.07, 6.45) is -4.49. The molecule has 0 aliphatic rings. The van der Waals surface area contributed by atoms with E-state index in [1.54, 1.807) is 0 Å². The van der Waals surface area contributed by atoms with Crippen molar-refractivity contribution < 1.29 is 26.3 Å². The van der Waals surface area contributed by atoms with E-state index in [2.05, 4.69) is 0 Å². The van der Waals surface area contributed by atoms with Gasteiger partial charge in [-0.1, -0.05) is 11.6 Å². The number of benzene rings is 2. The van der Waals surface area contributed by atoms with Gasteiger partial charge in [0.15, 0.2) is 0 Å². The molecular formula is C15H13ClF3NO3S. The van der Waals surface area contributed by atoms with Gasteiger partial charge in [-0.15, -0.1) is 0 Å². The van der Waals surface area contributed by atoms with Crippen molar-refractivity contribution in [1.82, 2.24) is 0 Å². The maximum Gasteiger partial charge on any atom is 0.416 e. The Morgan fingerprint density at radius 3 is 2.12 bits per heavy atom. The van der Waals surface area contributed by atoms with Gasteiger partial charge in [0.2, 0.25) is 0 Å². The zero-order valence-corrected chi connectivity index (χ0v) is 14.2. The molecule has 0 radical (unpaired) electrons. The lowest BCUT2D eigenvalue weighted by molar-refractivity contribution is -0.137. The normalized spacial score (nSPS) is 12.1. The molecule has 24 heavy (non-hydrogen) atoms. The van der Waals surface area contributed by atoms with Crippen LogP contribution in [-0.4, -0.2) is 22.6 Å². The number of alkyl halides is 3. The second kappa shape index (κ2) is 6.52. The van der Waals surface area contributed by atoms with Gasteiger partial charge >= 0.3 is 6.18 Å². The first-order valence-corrected chi connectivity index (χ1v) is 8.39. The van der Waals surface area contributed by atoms with Gasteiger partial charge in [0.05, 0.1) is 28.3 Å². The third kappa shape index (κ3) is 3.59. The number of rotatable bonds is 4. The molecule has 0 aliphatic heterocycles. The molecule has 2 rings (SSSR count). The van der Waals surface area contributed by atoms with Gasteiger partial charge in [-0.25, -0.2) is 8.42 Å². The maximum atomic E-state index is 12.6. The highest BCUT2D eigenvalue weighted by Crippen LogP contribution is 2.32. The van der Waals surface area contributed by atoms with E-state index in [0.29, 0.717) is 5.75 Å². The topological polar surface area (TPSA) is 46.6 Å². The zero-order chi connectivity index (χ0) is 18.1. The Kier molecular flexibility index (Phi) is 5.00. The fourth-order valence-electron chi connectivity index (χ4n) is 1.96. The predicted octanol–water partition coefficient (Wildman–Crippen LogP) is 4.19. The van der Waals surface area contributed by atoms with Crippen molar-refractivity contribution in [3.63, 3.8) is 0 Å². The minimum atomic E-state index is -4.49. The summed E-state index contributed by atoms with van der Waals surface area (Å²) in [5, 5.41) is 0.111. The van der Waals surface area contributed by atoms with Gasteiger partial charge < -0.3 is 4.74 Å². The number of nitrogens with zero attached hydrogens (tertiary/aromatic N) is 1. The Morgan fingerprint density at radius 1 is 1.08 bits per heavy atom. The molecule has 4 nitrogen and oxygen atoms in total. The van der Waals surface area contributed by atoms with E-state index >= 15 is 0 Å². The Hall–Kier alpha value is -1.93. The molecule has 0 aliphatic carbocycles. The van der Waals surface area contributed by atoms with Crippen molar-refractivity contribution in [1.29, 1.82) is 0 Å². The van der Waals surface area contributed by atoms with Crippen LogP contribution in [0.5, 0.6) is 5.75 Å². The molecule has 0 spiro atoms. The van der Waals surface area contributed by atoms with Crippen LogP contribution in [0.15, 0.2) is 47.4 Å². The van der Waals surface area contributed by atoms with Crippen molar-refractivity contribution >= 4 is 27.3 Å². The van der Waals surface area contributed by atoms with Gasteiger partial charge in [0, 0.05) is 7.05 Å². The van der Waals surface area contributed by atoms with Crippen molar-refractivity contribution in [3.8, 4) is 5.75 Å². The standard InChI is InChI=1S/C15H13ClF3NO3S/c1-20(11-5-3-10(4-6-11)15(17,18)19)24(21,22)12-7-8-14(23-2)13(16)9-12/h3-9H,1-2H3. The van der Waals surface area contributed by atoms with Crippen LogP contribution in [0.1, 0.15) is 5.56 Å². The van der Waals surface area contributed by atoms with E-state index in [1.807, 2.05) is 0 Å². The number of hydrogen-bond donors (Lipinski definition) is 0. The summed E-state index contributed by atoms with van der Waals surface area (Å²) in [5.41, 5.74) is -0.764. The van der Waals surface area contributed by atoms with E-state index in [1.165, 1.54) is 32.4 Å². The summed E-state index contributed by atoms with van der Waals surface area (Å²) in [6, 6.07) is 7.74. The van der Waals surface area contributed by atoms with E-state index in [9.17, 15) is 21.6 Å². The number of anilines is 1. The van der Waals surface area contributed by atoms with Gasteiger partial charge in [-0.3, -0.25) is 4.31 Å². The van der Waals surface area contributed by atoms with E-state index in [-0.39, 0.29) is 15.6 Å². The van der Waals surface area contributed by atoms with Gasteiger partial charge in [-0.05, 0) is 42.5 Å². The minimum Gasteiger partial charge on any atom is -0.495 e. The fourth-order valence-corrected chi connectivity index (χ4v) is 3.51. The quantitative estimate of drug-likeness (QED) is 0.800. The second-order valence-corrected chi connectivity index (χ2v) is 7.19. The molecule has 0 unspecified atom stereocenters. The summed E-state index contributed by atoms with van der Waals surface area (Å²) in [6.45, 7) is 0. The number of halogens is 4. The van der Waals surface area contributed by atoms with Gasteiger partial charge in [0.25, 0.3) is 10.0 Å². The molecule has 0 amide bonds. The average Bonchev–Trinajstić information content (AvgIpc) is 2.53. The molecule has 0 fully saturated rings. The van der Waals surface area contributed by atoms with Gasteiger partial charge in [-0.2, -0.15) is 13.2 Å². The van der Waals surface area contributed by atoms with Crippen molar-refractivity contribution in [3.05, 3.63) is 53.1 Å². The van der Waals surface area contributed by atoms with Crippen LogP contribution in [0, 0.1) is 0 Å². The van der Waals surface area contributed by atoms with Crippen LogP contribution in [0.3, 0.4) is 0 Å². The highest BCUT2D eigenvalue weighted by Gasteiger charge is 2.30. The molecule has 130 valence electrons. The van der Waals surface area contributed by atoms with Crippen LogP contribution in [-0.2, 0) is 16.2 Å². The molecule has 2 aromatic rings. The van der Waals surface area contributed by atoms with Crippen LogP contribution >= 0.6 is 11.6 Å². The Morgan fingerprint density at radius 2 is 1.67 bits per heavy atom.